The molecule has 0 atom stereocenters. The Balaban J connectivity index is 3.15. The zero-order valence-corrected chi connectivity index (χ0v) is 7.29. The van der Waals surface area contributed by atoms with E-state index in [1.807, 2.05) is 20.8 Å². The van der Waals surface area contributed by atoms with E-state index in [0.29, 0.717) is 5.69 Å². The fraction of sp³-hybridized carbons (Fsp3) is 0.714. The van der Waals surface area contributed by atoms with E-state index in [1.54, 1.807) is 6.92 Å². The number of aryl methyl sites for hydroxylation is 1. The molecule has 11 heavy (non-hydrogen) atoms. The molecule has 0 radical (unpaired) electrons. The normalized spacial score (nSPS) is 12.0. The molecule has 4 heteroatoms. The van der Waals surface area contributed by atoms with Crippen LogP contribution in [-0.4, -0.2) is 20.1 Å². The summed E-state index contributed by atoms with van der Waals surface area (Å²) in [7, 11) is 0. The maximum atomic E-state index is 9.41. The highest BCUT2D eigenvalue weighted by atomic mass is 16.3. The molecule has 1 N–H and O–H groups in total. The van der Waals surface area contributed by atoms with Crippen LogP contribution in [0.15, 0.2) is 0 Å². The Morgan fingerprint density at radius 1 is 1.36 bits per heavy atom. The highest BCUT2D eigenvalue weighted by Crippen LogP contribution is 2.21. The number of rotatable bonds is 0. The van der Waals surface area contributed by atoms with E-state index >= 15 is 0 Å². The van der Waals surface area contributed by atoms with Crippen molar-refractivity contribution in [3.05, 3.63) is 5.69 Å². The molecule has 0 spiro atoms. The van der Waals surface area contributed by atoms with Crippen molar-refractivity contribution in [2.75, 3.05) is 0 Å². The number of aromatic nitrogens is 3. The van der Waals surface area contributed by atoms with Gasteiger partial charge in [-0.15, -0.1) is 5.10 Å². The topological polar surface area (TPSA) is 50.9 Å². The Bertz CT molecular complexity index is 259. The SMILES string of the molecule is Cc1nnn(C(C)(C)C)c1O. The third-order valence-corrected chi connectivity index (χ3v) is 1.44. The van der Waals surface area contributed by atoms with Crippen LogP contribution in [0.1, 0.15) is 26.5 Å². The smallest absolute Gasteiger partial charge is 0.233 e. The zero-order valence-electron chi connectivity index (χ0n) is 7.29. The fourth-order valence-electron chi connectivity index (χ4n) is 0.804. The molecule has 0 fully saturated rings. The second-order valence-corrected chi connectivity index (χ2v) is 3.58. The molecule has 62 valence electrons. The van der Waals surface area contributed by atoms with Gasteiger partial charge in [-0.3, -0.25) is 0 Å². The van der Waals surface area contributed by atoms with Crippen molar-refractivity contribution >= 4 is 0 Å². The third-order valence-electron chi connectivity index (χ3n) is 1.44. The van der Waals surface area contributed by atoms with Crippen LogP contribution in [0, 0.1) is 6.92 Å². The Kier molecular flexibility index (Phi) is 1.62. The first-order valence-corrected chi connectivity index (χ1v) is 3.54. The van der Waals surface area contributed by atoms with Crippen LogP contribution in [0.3, 0.4) is 0 Å². The summed E-state index contributed by atoms with van der Waals surface area (Å²) in [6.45, 7) is 7.60. The summed E-state index contributed by atoms with van der Waals surface area (Å²) >= 11 is 0. The lowest BCUT2D eigenvalue weighted by Crippen LogP contribution is -2.22. The van der Waals surface area contributed by atoms with Crippen LogP contribution in [0.25, 0.3) is 0 Å². The van der Waals surface area contributed by atoms with Crippen LogP contribution in [-0.2, 0) is 5.54 Å². The molecule has 0 aliphatic rings. The molecule has 0 aliphatic carbocycles. The van der Waals surface area contributed by atoms with Gasteiger partial charge in [0.2, 0.25) is 5.88 Å². The van der Waals surface area contributed by atoms with Gasteiger partial charge in [0.1, 0.15) is 5.69 Å². The summed E-state index contributed by atoms with van der Waals surface area (Å²) in [6.07, 6.45) is 0. The largest absolute Gasteiger partial charge is 0.492 e. The molecule has 0 unspecified atom stereocenters. The Morgan fingerprint density at radius 3 is 2.09 bits per heavy atom. The summed E-state index contributed by atoms with van der Waals surface area (Å²) < 4.78 is 1.50. The van der Waals surface area contributed by atoms with Crippen LogP contribution in [0.5, 0.6) is 5.88 Å². The fourth-order valence-corrected chi connectivity index (χ4v) is 0.804. The maximum Gasteiger partial charge on any atom is 0.233 e. The molecule has 4 nitrogen and oxygen atoms in total. The number of hydrogen-bond acceptors (Lipinski definition) is 3. The molecular weight excluding hydrogens is 142 g/mol. The summed E-state index contributed by atoms with van der Waals surface area (Å²) in [5.41, 5.74) is 0.366. The molecule has 0 aliphatic heterocycles. The molecule has 1 rings (SSSR count). The lowest BCUT2D eigenvalue weighted by atomic mass is 10.1. The van der Waals surface area contributed by atoms with Crippen LogP contribution in [0.4, 0.5) is 0 Å². The summed E-state index contributed by atoms with van der Waals surface area (Å²) in [6, 6.07) is 0. The van der Waals surface area contributed by atoms with Gasteiger partial charge < -0.3 is 5.11 Å². The molecule has 0 amide bonds. The first-order valence-electron chi connectivity index (χ1n) is 3.54. The number of hydrogen-bond donors (Lipinski definition) is 1. The minimum Gasteiger partial charge on any atom is -0.492 e. The van der Waals surface area contributed by atoms with Gasteiger partial charge in [0.05, 0.1) is 5.54 Å². The van der Waals surface area contributed by atoms with E-state index in [2.05, 4.69) is 10.3 Å². The first-order chi connectivity index (χ1) is 4.93. The van der Waals surface area contributed by atoms with E-state index < -0.39 is 0 Å². The Hall–Kier alpha value is -1.06. The van der Waals surface area contributed by atoms with Gasteiger partial charge in [0, 0.05) is 0 Å². The Labute approximate surface area is 65.8 Å². The van der Waals surface area contributed by atoms with Crippen molar-refractivity contribution in [2.45, 2.75) is 33.2 Å². The van der Waals surface area contributed by atoms with Gasteiger partial charge >= 0.3 is 0 Å². The quantitative estimate of drug-likeness (QED) is 0.609. The van der Waals surface area contributed by atoms with Gasteiger partial charge in [-0.25, -0.2) is 4.68 Å². The van der Waals surface area contributed by atoms with Gasteiger partial charge in [0.15, 0.2) is 0 Å². The monoisotopic (exact) mass is 155 g/mol. The molecule has 1 aromatic heterocycles. The Morgan fingerprint density at radius 2 is 1.91 bits per heavy atom. The van der Waals surface area contributed by atoms with E-state index in [0.717, 1.165) is 0 Å². The first kappa shape index (κ1) is 8.04. The minimum absolute atomic E-state index is 0.150. The van der Waals surface area contributed by atoms with E-state index in [-0.39, 0.29) is 11.4 Å². The molecule has 0 saturated heterocycles. The van der Waals surface area contributed by atoms with Crippen molar-refractivity contribution < 1.29 is 5.11 Å². The van der Waals surface area contributed by atoms with Crippen molar-refractivity contribution in [3.8, 4) is 5.88 Å². The second-order valence-electron chi connectivity index (χ2n) is 3.58. The zero-order chi connectivity index (χ0) is 8.65. The van der Waals surface area contributed by atoms with E-state index in [1.165, 1.54) is 4.68 Å². The average molecular weight is 155 g/mol. The lowest BCUT2D eigenvalue weighted by Gasteiger charge is -2.18. The van der Waals surface area contributed by atoms with Gasteiger partial charge in [-0.2, -0.15) is 0 Å². The summed E-state index contributed by atoms with van der Waals surface area (Å²) in [5, 5.41) is 17.0. The number of aromatic hydroxyl groups is 1. The van der Waals surface area contributed by atoms with E-state index in [9.17, 15) is 5.11 Å². The lowest BCUT2D eigenvalue weighted by molar-refractivity contribution is 0.290. The van der Waals surface area contributed by atoms with E-state index in [4.69, 9.17) is 0 Å². The third kappa shape index (κ3) is 1.34. The average Bonchev–Trinajstić information content (AvgIpc) is 2.11. The summed E-state index contributed by atoms with van der Waals surface area (Å²) in [4.78, 5) is 0. The molecule has 0 aromatic carbocycles. The van der Waals surface area contributed by atoms with Gasteiger partial charge in [-0.05, 0) is 27.7 Å². The number of nitrogens with zero attached hydrogens (tertiary/aromatic N) is 3. The highest BCUT2D eigenvalue weighted by molar-refractivity contribution is 5.14. The highest BCUT2D eigenvalue weighted by Gasteiger charge is 2.19. The van der Waals surface area contributed by atoms with Gasteiger partial charge in [0.25, 0.3) is 0 Å². The predicted octanol–water partition coefficient (Wildman–Crippen LogP) is 1.05. The van der Waals surface area contributed by atoms with Crippen molar-refractivity contribution in [3.63, 3.8) is 0 Å². The molecule has 0 saturated carbocycles. The second kappa shape index (κ2) is 2.22. The predicted molar refractivity (Wildman–Crippen MR) is 41.4 cm³/mol. The van der Waals surface area contributed by atoms with Crippen LogP contribution < -0.4 is 0 Å². The van der Waals surface area contributed by atoms with Crippen molar-refractivity contribution in [1.29, 1.82) is 0 Å². The molecule has 0 bridgehead atoms. The molecule has 1 heterocycles. The van der Waals surface area contributed by atoms with Crippen LogP contribution in [0.2, 0.25) is 0 Å². The van der Waals surface area contributed by atoms with Crippen molar-refractivity contribution in [1.82, 2.24) is 15.0 Å². The summed E-state index contributed by atoms with van der Waals surface area (Å²) in [5.74, 6) is 0.150. The molecule has 1 aromatic rings. The molecular formula is C7H13N3O. The van der Waals surface area contributed by atoms with Crippen molar-refractivity contribution in [2.24, 2.45) is 0 Å². The minimum atomic E-state index is -0.203. The maximum absolute atomic E-state index is 9.41. The standard InChI is InChI=1S/C7H13N3O/c1-5-6(11)10(9-8-5)7(2,3)4/h11H,1-4H3. The van der Waals surface area contributed by atoms with Gasteiger partial charge in [-0.1, -0.05) is 5.21 Å². The van der Waals surface area contributed by atoms with Crippen LogP contribution >= 0.6 is 0 Å².